The number of amidine groups is 1. The topological polar surface area (TPSA) is 70.6 Å². The number of nitrogens with two attached hydrogens (primary N) is 1. The maximum atomic E-state index is 8.81. The Kier molecular flexibility index (Phi) is 4.63. The van der Waals surface area contributed by atoms with Gasteiger partial charge in [-0.1, -0.05) is 41.6 Å². The minimum Gasteiger partial charge on any atom is -0.409 e. The number of nitrogens with zero attached hydrogens (tertiary/aromatic N) is 1. The second-order valence-corrected chi connectivity index (χ2v) is 5.23. The summed E-state index contributed by atoms with van der Waals surface area (Å²) in [4.78, 5) is 0. The van der Waals surface area contributed by atoms with Crippen LogP contribution in [0.1, 0.15) is 16.7 Å². The molecule has 0 atom stereocenters. The Hall–Kier alpha value is -2.01. The molecule has 4 nitrogen and oxygen atoms in total. The van der Waals surface area contributed by atoms with Gasteiger partial charge in [-0.25, -0.2) is 0 Å². The summed E-state index contributed by atoms with van der Waals surface area (Å²) >= 11 is 3.56. The summed E-state index contributed by atoms with van der Waals surface area (Å²) in [5.41, 5.74) is 9.56. The maximum Gasteiger partial charge on any atom is 0.170 e. The first-order valence-corrected chi connectivity index (χ1v) is 6.97. The fourth-order valence-electron chi connectivity index (χ4n) is 1.95. The Morgan fingerprint density at radius 2 is 2.00 bits per heavy atom. The van der Waals surface area contributed by atoms with E-state index >= 15 is 0 Å². The number of halogens is 1. The van der Waals surface area contributed by atoms with Crippen molar-refractivity contribution in [2.45, 2.75) is 13.5 Å². The molecule has 0 fully saturated rings. The van der Waals surface area contributed by atoms with E-state index in [1.54, 1.807) is 0 Å². The van der Waals surface area contributed by atoms with Crippen molar-refractivity contribution in [2.24, 2.45) is 10.9 Å². The van der Waals surface area contributed by atoms with Gasteiger partial charge in [0, 0.05) is 22.3 Å². The summed E-state index contributed by atoms with van der Waals surface area (Å²) in [6.45, 7) is 2.63. The third-order valence-electron chi connectivity index (χ3n) is 3.06. The Labute approximate surface area is 126 Å². The second kappa shape index (κ2) is 6.43. The predicted molar refractivity (Wildman–Crippen MR) is 85.2 cm³/mol. The van der Waals surface area contributed by atoms with Crippen LogP contribution >= 0.6 is 15.9 Å². The third kappa shape index (κ3) is 3.11. The molecule has 0 aliphatic carbocycles. The largest absolute Gasteiger partial charge is 0.409 e. The molecule has 2 aromatic rings. The van der Waals surface area contributed by atoms with Crippen LogP contribution < -0.4 is 11.1 Å². The van der Waals surface area contributed by atoms with Gasteiger partial charge in [0.05, 0.1) is 0 Å². The van der Waals surface area contributed by atoms with Gasteiger partial charge in [0.1, 0.15) is 0 Å². The second-order valence-electron chi connectivity index (χ2n) is 4.43. The van der Waals surface area contributed by atoms with E-state index in [9.17, 15) is 0 Å². The molecule has 2 rings (SSSR count). The van der Waals surface area contributed by atoms with Crippen molar-refractivity contribution in [1.29, 1.82) is 0 Å². The van der Waals surface area contributed by atoms with Crippen LogP contribution in [0.2, 0.25) is 0 Å². The highest BCUT2D eigenvalue weighted by Gasteiger charge is 2.07. The van der Waals surface area contributed by atoms with Gasteiger partial charge in [-0.2, -0.15) is 0 Å². The van der Waals surface area contributed by atoms with Gasteiger partial charge in [0.25, 0.3) is 0 Å². The predicted octanol–water partition coefficient (Wildman–Crippen LogP) is 3.46. The number of hydrogen-bond acceptors (Lipinski definition) is 3. The van der Waals surface area contributed by atoms with Crippen LogP contribution in [0.3, 0.4) is 0 Å². The molecule has 0 amide bonds. The molecule has 0 aliphatic rings. The van der Waals surface area contributed by atoms with Crippen molar-refractivity contribution in [2.75, 3.05) is 5.32 Å². The summed E-state index contributed by atoms with van der Waals surface area (Å²) < 4.78 is 1.04. The first kappa shape index (κ1) is 14.4. The van der Waals surface area contributed by atoms with Crippen LogP contribution in [0, 0.1) is 6.92 Å². The van der Waals surface area contributed by atoms with Crippen LogP contribution in [-0.2, 0) is 6.54 Å². The van der Waals surface area contributed by atoms with Gasteiger partial charge in [0.2, 0.25) is 0 Å². The molecule has 0 radical (unpaired) electrons. The summed E-state index contributed by atoms with van der Waals surface area (Å²) in [7, 11) is 0. The third-order valence-corrected chi connectivity index (χ3v) is 4.11. The summed E-state index contributed by atoms with van der Waals surface area (Å²) in [6, 6.07) is 13.6. The number of hydrogen-bond donors (Lipinski definition) is 3. The fraction of sp³-hybridized carbons (Fsp3) is 0.133. The molecule has 5 heteroatoms. The van der Waals surface area contributed by atoms with E-state index < -0.39 is 0 Å². The lowest BCUT2D eigenvalue weighted by atomic mass is 10.1. The SMILES string of the molecule is Cc1cccc(NCc2ccccc2/C(N)=N/O)c1Br. The van der Waals surface area contributed by atoms with Crippen molar-refractivity contribution in [3.8, 4) is 0 Å². The van der Waals surface area contributed by atoms with E-state index in [0.717, 1.165) is 21.3 Å². The molecule has 4 N–H and O–H groups in total. The highest BCUT2D eigenvalue weighted by molar-refractivity contribution is 9.10. The molecule has 0 bridgehead atoms. The van der Waals surface area contributed by atoms with Crippen LogP contribution in [0.25, 0.3) is 0 Å². The van der Waals surface area contributed by atoms with E-state index in [1.807, 2.05) is 49.4 Å². The van der Waals surface area contributed by atoms with Crippen LogP contribution in [0.4, 0.5) is 5.69 Å². The van der Waals surface area contributed by atoms with Gasteiger partial charge in [0.15, 0.2) is 5.84 Å². The van der Waals surface area contributed by atoms with E-state index in [0.29, 0.717) is 6.54 Å². The van der Waals surface area contributed by atoms with Gasteiger partial charge in [-0.05, 0) is 40.0 Å². The number of anilines is 1. The van der Waals surface area contributed by atoms with Gasteiger partial charge >= 0.3 is 0 Å². The molecule has 0 aliphatic heterocycles. The molecular weight excluding hydrogens is 318 g/mol. The standard InChI is InChI=1S/C15H16BrN3O/c1-10-5-4-8-13(14(10)16)18-9-11-6-2-3-7-12(11)15(17)19-20/h2-8,18,20H,9H2,1H3,(H2,17,19). The monoisotopic (exact) mass is 333 g/mol. The van der Waals surface area contributed by atoms with E-state index in [1.165, 1.54) is 5.56 Å². The van der Waals surface area contributed by atoms with Crippen molar-refractivity contribution in [1.82, 2.24) is 0 Å². The first-order valence-electron chi connectivity index (χ1n) is 6.18. The van der Waals surface area contributed by atoms with Crippen molar-refractivity contribution in [3.63, 3.8) is 0 Å². The molecular formula is C15H16BrN3O. The maximum absolute atomic E-state index is 8.81. The molecule has 0 spiro atoms. The summed E-state index contributed by atoms with van der Waals surface area (Å²) in [5, 5.41) is 15.2. The zero-order valence-electron chi connectivity index (χ0n) is 11.1. The molecule has 0 aromatic heterocycles. The van der Waals surface area contributed by atoms with Gasteiger partial charge in [-0.3, -0.25) is 0 Å². The minimum atomic E-state index is 0.116. The van der Waals surface area contributed by atoms with Gasteiger partial charge < -0.3 is 16.3 Å². The highest BCUT2D eigenvalue weighted by Crippen LogP contribution is 2.26. The first-order chi connectivity index (χ1) is 9.63. The van der Waals surface area contributed by atoms with Crippen LogP contribution in [0.15, 0.2) is 52.1 Å². The normalized spacial score (nSPS) is 11.4. The van der Waals surface area contributed by atoms with E-state index in [4.69, 9.17) is 10.9 Å². The lowest BCUT2D eigenvalue weighted by Crippen LogP contribution is -2.16. The summed E-state index contributed by atoms with van der Waals surface area (Å²) in [5.74, 6) is 0.116. The summed E-state index contributed by atoms with van der Waals surface area (Å²) in [6.07, 6.45) is 0. The average molecular weight is 334 g/mol. The van der Waals surface area contributed by atoms with Gasteiger partial charge in [-0.15, -0.1) is 0 Å². The Bertz CT molecular complexity index is 641. The Morgan fingerprint density at radius 3 is 2.75 bits per heavy atom. The lowest BCUT2D eigenvalue weighted by molar-refractivity contribution is 0.318. The fourth-order valence-corrected chi connectivity index (χ4v) is 2.36. The zero-order chi connectivity index (χ0) is 14.5. The molecule has 0 unspecified atom stereocenters. The highest BCUT2D eigenvalue weighted by atomic mass is 79.9. The van der Waals surface area contributed by atoms with E-state index in [2.05, 4.69) is 26.4 Å². The van der Waals surface area contributed by atoms with E-state index in [-0.39, 0.29) is 5.84 Å². The number of aryl methyl sites for hydroxylation is 1. The van der Waals surface area contributed by atoms with Crippen LogP contribution in [-0.4, -0.2) is 11.0 Å². The Morgan fingerprint density at radius 1 is 1.25 bits per heavy atom. The quantitative estimate of drug-likeness (QED) is 0.347. The van der Waals surface area contributed by atoms with Crippen molar-refractivity contribution < 1.29 is 5.21 Å². The smallest absolute Gasteiger partial charge is 0.170 e. The van der Waals surface area contributed by atoms with Crippen molar-refractivity contribution in [3.05, 3.63) is 63.6 Å². The molecule has 0 saturated heterocycles. The zero-order valence-corrected chi connectivity index (χ0v) is 12.7. The average Bonchev–Trinajstić information content (AvgIpc) is 2.48. The number of nitrogens with one attached hydrogen (secondary N) is 1. The Balaban J connectivity index is 2.21. The molecule has 104 valence electrons. The van der Waals surface area contributed by atoms with Crippen molar-refractivity contribution >= 4 is 27.5 Å². The molecule has 0 saturated carbocycles. The molecule has 0 heterocycles. The van der Waals surface area contributed by atoms with Crippen LogP contribution in [0.5, 0.6) is 0 Å². The number of rotatable bonds is 4. The lowest BCUT2D eigenvalue weighted by Gasteiger charge is -2.12. The number of benzene rings is 2. The molecule has 20 heavy (non-hydrogen) atoms. The minimum absolute atomic E-state index is 0.116. The number of oxime groups is 1. The molecule has 2 aromatic carbocycles.